The Hall–Kier alpha value is 0.900. The van der Waals surface area contributed by atoms with E-state index in [0.717, 1.165) is 0 Å². The molecule has 0 rings (SSSR count). The fraction of sp³-hybridized carbons (Fsp3) is 0. The van der Waals surface area contributed by atoms with Gasteiger partial charge in [-0.15, -0.1) is 0 Å². The van der Waals surface area contributed by atoms with Gasteiger partial charge in [0, 0.05) is 40.1 Å². The summed E-state index contributed by atoms with van der Waals surface area (Å²) in [6, 6.07) is 0. The third kappa shape index (κ3) is 3.10. The second-order valence-corrected chi connectivity index (χ2v) is 8.57. The second-order valence-electron chi connectivity index (χ2n) is 0.408. The van der Waals surface area contributed by atoms with Crippen molar-refractivity contribution in [3.05, 3.63) is 0 Å². The first-order valence-electron chi connectivity index (χ1n) is 0.833. The van der Waals surface area contributed by atoms with Gasteiger partial charge in [-0.05, 0) is 0 Å². The van der Waals surface area contributed by atoms with Gasteiger partial charge < -0.3 is 0 Å². The first kappa shape index (κ1) is 6.90. The molecule has 0 saturated heterocycles. The Kier molecular flexibility index (Phi) is 3.42. The molecule has 0 heterocycles. The highest BCUT2D eigenvalue weighted by atomic mass is 33.4. The van der Waals surface area contributed by atoms with Crippen molar-refractivity contribution in [1.29, 1.82) is 0 Å². The molecule has 0 aliphatic heterocycles. The molecule has 0 bridgehead atoms. The highest BCUT2D eigenvalue weighted by Gasteiger charge is 1.46. The van der Waals surface area contributed by atoms with Gasteiger partial charge in [-0.1, -0.05) is 0 Å². The zero-order valence-electron chi connectivity index (χ0n) is 2.45. The van der Waals surface area contributed by atoms with Crippen molar-refractivity contribution in [3.8, 4) is 0 Å². The van der Waals surface area contributed by atoms with E-state index in [-0.39, 0.29) is 0 Å². The molecule has 0 fully saturated rings. The van der Waals surface area contributed by atoms with Gasteiger partial charge in [-0.2, -0.15) is 0 Å². The van der Waals surface area contributed by atoms with Crippen LogP contribution in [0.1, 0.15) is 0 Å². The molecule has 0 atom stereocenters. The zero-order valence-corrected chi connectivity index (χ0v) is 6.53. The highest BCUT2D eigenvalue weighted by Crippen LogP contribution is 1.39. The molecule has 0 amide bonds. The lowest BCUT2D eigenvalue weighted by Gasteiger charge is -1.38. The average Bonchev–Trinajstić information content (AvgIpc) is 1.36. The Morgan fingerprint density at radius 2 is 1.33 bits per heavy atom. The number of hydrogen-bond acceptors (Lipinski definition) is 4. The Morgan fingerprint density at radius 3 is 1.33 bits per heavy atom. The Labute approximate surface area is 52.1 Å². The Morgan fingerprint density at radius 1 is 1.17 bits per heavy atom. The molecular formula is OS5. The van der Waals surface area contributed by atoms with Gasteiger partial charge in [0.25, 0.3) is 0 Å². The van der Waals surface area contributed by atoms with Crippen LogP contribution in [0.3, 0.4) is 0 Å². The SMILES string of the molecule is O=S(=S)=S(=S)=S. The predicted octanol–water partition coefficient (Wildman–Crippen LogP) is -0.346. The van der Waals surface area contributed by atoms with Crippen molar-refractivity contribution >= 4 is 48.1 Å². The molecule has 1 nitrogen and oxygen atoms in total. The van der Waals surface area contributed by atoms with Crippen molar-refractivity contribution in [3.63, 3.8) is 0 Å². The number of hydrogen-bond donors (Lipinski definition) is 0. The third-order valence-corrected chi connectivity index (χ3v) is 6.00. The molecule has 0 spiro atoms. The largest absolute Gasteiger partial charge is 0.202 e. The van der Waals surface area contributed by atoms with E-state index >= 15 is 0 Å². The summed E-state index contributed by atoms with van der Waals surface area (Å²) in [6.45, 7) is -0.914. The van der Waals surface area contributed by atoms with Crippen LogP contribution >= 0.6 is 0 Å². The zero-order chi connectivity index (χ0) is 5.15. The van der Waals surface area contributed by atoms with Crippen molar-refractivity contribution in [2.75, 3.05) is 0 Å². The van der Waals surface area contributed by atoms with Crippen LogP contribution in [0.15, 0.2) is 0 Å². The lowest BCUT2D eigenvalue weighted by atomic mass is 16.0. The quantitative estimate of drug-likeness (QED) is 0.502. The first-order valence-corrected chi connectivity index (χ1v) is 6.50. The molecular weight excluding hydrogens is 176 g/mol. The lowest BCUT2D eigenvalue weighted by Crippen LogP contribution is -1.45. The van der Waals surface area contributed by atoms with Crippen LogP contribution in [0.5, 0.6) is 0 Å². The van der Waals surface area contributed by atoms with E-state index in [4.69, 9.17) is 0 Å². The summed E-state index contributed by atoms with van der Waals surface area (Å²) in [7, 11) is -1.38. The van der Waals surface area contributed by atoms with Crippen LogP contribution < -0.4 is 0 Å². The molecule has 0 radical (unpaired) electrons. The average molecular weight is 176 g/mol. The second kappa shape index (κ2) is 2.98. The smallest absolute Gasteiger partial charge is 0.142 e. The van der Waals surface area contributed by atoms with Crippen LogP contribution in [0.2, 0.25) is 0 Å². The van der Waals surface area contributed by atoms with Gasteiger partial charge >= 0.3 is 0 Å². The molecule has 0 aromatic carbocycles. The molecule has 0 aromatic rings. The van der Waals surface area contributed by atoms with Crippen LogP contribution in [-0.4, -0.2) is 4.21 Å². The fourth-order valence-electron chi connectivity index (χ4n) is 0. The van der Waals surface area contributed by atoms with Crippen LogP contribution in [0.4, 0.5) is 0 Å². The third-order valence-electron chi connectivity index (χ3n) is 0.111. The van der Waals surface area contributed by atoms with E-state index in [2.05, 4.69) is 33.6 Å². The number of rotatable bonds is 0. The molecule has 36 valence electrons. The van der Waals surface area contributed by atoms with Gasteiger partial charge in [0.15, 0.2) is 0 Å². The maximum Gasteiger partial charge on any atom is 0.142 e. The van der Waals surface area contributed by atoms with Crippen molar-refractivity contribution < 1.29 is 4.21 Å². The molecule has 6 heteroatoms. The summed E-state index contributed by atoms with van der Waals surface area (Å²) in [5.74, 6) is 0. The van der Waals surface area contributed by atoms with Gasteiger partial charge in [0.05, 0.1) is 0 Å². The summed E-state index contributed by atoms with van der Waals surface area (Å²) in [6.07, 6.45) is 0. The monoisotopic (exact) mass is 176 g/mol. The predicted molar refractivity (Wildman–Crippen MR) is 37.6 cm³/mol. The minimum Gasteiger partial charge on any atom is -0.202 e. The molecule has 0 saturated carbocycles. The molecule has 6 heavy (non-hydrogen) atoms. The van der Waals surface area contributed by atoms with Gasteiger partial charge in [-0.25, -0.2) is 4.21 Å². The first-order chi connectivity index (χ1) is 2.64. The summed E-state index contributed by atoms with van der Waals surface area (Å²) in [4.78, 5) is 0. The van der Waals surface area contributed by atoms with Crippen LogP contribution in [0.25, 0.3) is 0 Å². The van der Waals surface area contributed by atoms with Crippen molar-refractivity contribution in [1.82, 2.24) is 0 Å². The lowest BCUT2D eigenvalue weighted by molar-refractivity contribution is 0.701. The van der Waals surface area contributed by atoms with E-state index in [1.54, 1.807) is 0 Å². The molecule has 0 aromatic heterocycles. The van der Waals surface area contributed by atoms with Crippen molar-refractivity contribution in [2.24, 2.45) is 0 Å². The summed E-state index contributed by atoms with van der Waals surface area (Å²) < 4.78 is 9.87. The van der Waals surface area contributed by atoms with E-state index in [0.29, 0.717) is 0 Å². The van der Waals surface area contributed by atoms with Crippen LogP contribution in [0, 0.1) is 0 Å². The molecule has 0 unspecified atom stereocenters. The maximum atomic E-state index is 9.87. The molecule has 0 aliphatic carbocycles. The Bertz CT molecular complexity index is 190. The summed E-state index contributed by atoms with van der Waals surface area (Å²) >= 11 is 12.9. The van der Waals surface area contributed by atoms with E-state index in [1.165, 1.54) is 0 Å². The fourth-order valence-corrected chi connectivity index (χ4v) is 0. The van der Waals surface area contributed by atoms with Gasteiger partial charge in [0.2, 0.25) is 0 Å². The molecule has 0 N–H and O–H groups in total. The minimum absolute atomic E-state index is 0.914. The van der Waals surface area contributed by atoms with Gasteiger partial charge in [-0.3, -0.25) is 0 Å². The normalized spacial score (nSPS) is 7.33. The topological polar surface area (TPSA) is 17.1 Å². The van der Waals surface area contributed by atoms with Crippen LogP contribution in [-0.2, 0) is 48.1 Å². The molecule has 0 aliphatic rings. The summed E-state index contributed by atoms with van der Waals surface area (Å²) in [5, 5.41) is 0. The standard InChI is InChI=1S/OS5/c1-5(2)6(3)4. The maximum absolute atomic E-state index is 9.87. The van der Waals surface area contributed by atoms with Gasteiger partial charge in [0.1, 0.15) is 7.92 Å². The van der Waals surface area contributed by atoms with E-state index in [9.17, 15) is 4.21 Å². The van der Waals surface area contributed by atoms with E-state index in [1.807, 2.05) is 0 Å². The van der Waals surface area contributed by atoms with E-state index < -0.39 is 14.5 Å². The van der Waals surface area contributed by atoms with Crippen molar-refractivity contribution in [2.45, 2.75) is 0 Å². The highest BCUT2D eigenvalue weighted by molar-refractivity contribution is 8.69. The summed E-state index contributed by atoms with van der Waals surface area (Å²) in [5.41, 5.74) is 0. The minimum atomic E-state index is -1.38. The Balaban J connectivity index is 5.99.